The quantitative estimate of drug-likeness (QED) is 0.501. The Morgan fingerprint density at radius 1 is 1.10 bits per heavy atom. The van der Waals surface area contributed by atoms with Crippen LogP contribution in [0.2, 0.25) is 5.02 Å². The number of nitrogens with one attached hydrogen (secondary N) is 1. The first-order valence-corrected chi connectivity index (χ1v) is 11.0. The molecule has 1 aliphatic rings. The molecule has 1 aliphatic carbocycles. The predicted molar refractivity (Wildman–Crippen MR) is 119 cm³/mol. The molecular weight excluding hydrogens is 402 g/mol. The maximum absolute atomic E-state index is 6.11. The summed E-state index contributed by atoms with van der Waals surface area (Å²) >= 11 is 11.9. The van der Waals surface area contributed by atoms with E-state index in [9.17, 15) is 0 Å². The molecular formula is C22H26ClN5S. The average Bonchev–Trinajstić information content (AvgIpc) is 3.34. The van der Waals surface area contributed by atoms with Crippen LogP contribution >= 0.6 is 23.8 Å². The largest absolute Gasteiger partial charge is 0.300 e. The van der Waals surface area contributed by atoms with Crippen molar-refractivity contribution in [2.24, 2.45) is 0 Å². The van der Waals surface area contributed by atoms with Gasteiger partial charge in [0.05, 0.1) is 6.67 Å². The molecule has 3 aromatic rings. The zero-order valence-electron chi connectivity index (χ0n) is 16.6. The van der Waals surface area contributed by atoms with Gasteiger partial charge >= 0.3 is 0 Å². The molecule has 1 aromatic carbocycles. The van der Waals surface area contributed by atoms with Crippen molar-refractivity contribution < 1.29 is 0 Å². The second-order valence-electron chi connectivity index (χ2n) is 7.62. The van der Waals surface area contributed by atoms with Crippen molar-refractivity contribution in [2.75, 3.05) is 0 Å². The van der Waals surface area contributed by atoms with Crippen molar-refractivity contribution in [3.63, 3.8) is 0 Å². The molecule has 4 rings (SSSR count). The van der Waals surface area contributed by atoms with E-state index in [2.05, 4.69) is 33.9 Å². The number of halogens is 1. The second-order valence-corrected chi connectivity index (χ2v) is 8.43. The lowest BCUT2D eigenvalue weighted by Crippen LogP contribution is -2.41. The van der Waals surface area contributed by atoms with Crippen LogP contribution in [0.4, 0.5) is 0 Å². The highest BCUT2D eigenvalue weighted by atomic mass is 35.5. The molecule has 0 aliphatic heterocycles. The van der Waals surface area contributed by atoms with E-state index < -0.39 is 0 Å². The molecule has 1 N–H and O–H groups in total. The van der Waals surface area contributed by atoms with Crippen LogP contribution in [0.25, 0.3) is 11.4 Å². The normalized spacial score (nSPS) is 15.7. The van der Waals surface area contributed by atoms with Crippen molar-refractivity contribution in [1.82, 2.24) is 24.6 Å². The molecule has 0 amide bonds. The lowest BCUT2D eigenvalue weighted by atomic mass is 9.88. The van der Waals surface area contributed by atoms with Gasteiger partial charge < -0.3 is 0 Å². The molecule has 1 saturated carbocycles. The third kappa shape index (κ3) is 4.15. The van der Waals surface area contributed by atoms with Gasteiger partial charge in [-0.3, -0.25) is 14.9 Å². The fourth-order valence-electron chi connectivity index (χ4n) is 4.22. The first-order valence-electron chi connectivity index (χ1n) is 10.2. The van der Waals surface area contributed by atoms with E-state index in [-0.39, 0.29) is 5.54 Å². The smallest absolute Gasteiger partial charge is 0.199 e. The maximum Gasteiger partial charge on any atom is 0.199 e. The lowest BCUT2D eigenvalue weighted by Gasteiger charge is -2.31. The summed E-state index contributed by atoms with van der Waals surface area (Å²) in [4.78, 5) is 4.12. The van der Waals surface area contributed by atoms with E-state index in [1.165, 1.54) is 18.4 Å². The van der Waals surface area contributed by atoms with Gasteiger partial charge in [0.2, 0.25) is 0 Å². The summed E-state index contributed by atoms with van der Waals surface area (Å²) < 4.78 is 4.78. The molecule has 7 heteroatoms. The molecule has 2 heterocycles. The van der Waals surface area contributed by atoms with Gasteiger partial charge in [-0.05, 0) is 61.3 Å². The van der Waals surface area contributed by atoms with Gasteiger partial charge in [-0.2, -0.15) is 5.10 Å². The number of pyridine rings is 1. The molecule has 1 fully saturated rings. The summed E-state index contributed by atoms with van der Waals surface area (Å²) in [6.07, 6.45) is 9.23. The van der Waals surface area contributed by atoms with Crippen LogP contribution in [0.15, 0.2) is 48.8 Å². The third-order valence-corrected chi connectivity index (χ3v) is 6.41. The fourth-order valence-corrected chi connectivity index (χ4v) is 4.63. The summed E-state index contributed by atoms with van der Waals surface area (Å²) in [6.45, 7) is 3.58. The minimum atomic E-state index is -0.0509. The van der Waals surface area contributed by atoms with Crippen LogP contribution in [0.3, 0.4) is 0 Å². The zero-order chi connectivity index (χ0) is 20.3. The molecule has 0 spiro atoms. The Bertz CT molecular complexity index is 1000. The number of nitrogens with zero attached hydrogens (tertiary/aromatic N) is 4. The van der Waals surface area contributed by atoms with E-state index in [4.69, 9.17) is 28.9 Å². The lowest BCUT2D eigenvalue weighted by molar-refractivity contribution is 0.297. The highest BCUT2D eigenvalue weighted by molar-refractivity contribution is 7.71. The number of aromatic nitrogens is 4. The Balaban J connectivity index is 1.63. The summed E-state index contributed by atoms with van der Waals surface area (Å²) in [5.74, 6) is 0.896. The molecule has 0 unspecified atom stereocenters. The highest BCUT2D eigenvalue weighted by Crippen LogP contribution is 2.39. The van der Waals surface area contributed by atoms with Crippen LogP contribution in [0.1, 0.15) is 44.6 Å². The van der Waals surface area contributed by atoms with Gasteiger partial charge in [-0.15, -0.1) is 0 Å². The molecule has 0 bridgehead atoms. The Morgan fingerprint density at radius 2 is 1.79 bits per heavy atom. The van der Waals surface area contributed by atoms with Gasteiger partial charge in [-0.1, -0.05) is 43.5 Å². The van der Waals surface area contributed by atoms with Crippen molar-refractivity contribution in [2.45, 2.75) is 57.8 Å². The number of hydrogen-bond acceptors (Lipinski definition) is 4. The Labute approximate surface area is 181 Å². The Kier molecular flexibility index (Phi) is 6.13. The molecule has 5 nitrogen and oxygen atoms in total. The minimum absolute atomic E-state index is 0.0509. The topological polar surface area (TPSA) is 47.7 Å². The maximum atomic E-state index is 6.11. The first-order chi connectivity index (χ1) is 14.1. The highest BCUT2D eigenvalue weighted by Gasteiger charge is 2.35. The summed E-state index contributed by atoms with van der Waals surface area (Å²) in [5.41, 5.74) is 2.27. The van der Waals surface area contributed by atoms with E-state index in [1.807, 2.05) is 28.9 Å². The van der Waals surface area contributed by atoms with E-state index in [1.54, 1.807) is 12.4 Å². The molecule has 0 saturated heterocycles. The van der Waals surface area contributed by atoms with Gasteiger partial charge in [-0.25, -0.2) is 4.68 Å². The zero-order valence-corrected chi connectivity index (χ0v) is 18.2. The average molecular weight is 428 g/mol. The fraction of sp³-hybridized carbons (Fsp3) is 0.409. The number of hydrogen-bond donors (Lipinski definition) is 1. The van der Waals surface area contributed by atoms with Crippen molar-refractivity contribution in [3.05, 3.63) is 64.1 Å². The van der Waals surface area contributed by atoms with Crippen LogP contribution in [-0.4, -0.2) is 19.3 Å². The number of benzene rings is 1. The van der Waals surface area contributed by atoms with E-state index in [0.29, 0.717) is 6.67 Å². The van der Waals surface area contributed by atoms with Crippen molar-refractivity contribution in [1.29, 1.82) is 0 Å². The molecule has 0 radical (unpaired) electrons. The molecule has 2 aromatic heterocycles. The van der Waals surface area contributed by atoms with Crippen molar-refractivity contribution >= 4 is 23.8 Å². The summed E-state index contributed by atoms with van der Waals surface area (Å²) in [7, 11) is 0. The van der Waals surface area contributed by atoms with Gasteiger partial charge in [0.25, 0.3) is 0 Å². The van der Waals surface area contributed by atoms with Crippen molar-refractivity contribution in [3.8, 4) is 11.4 Å². The second kappa shape index (κ2) is 8.78. The van der Waals surface area contributed by atoms with Crippen LogP contribution in [0, 0.1) is 4.77 Å². The number of rotatable bonds is 7. The third-order valence-electron chi connectivity index (χ3n) is 5.73. The molecule has 0 atom stereocenters. The minimum Gasteiger partial charge on any atom is -0.300 e. The van der Waals surface area contributed by atoms with Gasteiger partial charge in [0.1, 0.15) is 0 Å². The first kappa shape index (κ1) is 20.3. The standard InChI is InChI=1S/C22H26ClN5S/c1-2-15-27-20(17-9-13-24-14-10-17)26-28(21(27)29)16-25-22(11-3-4-12-22)18-5-7-19(23)8-6-18/h5-10,13-14,25H,2-4,11-12,15-16H2,1H3. The Hall–Kier alpha value is -2.02. The SMILES string of the molecule is CCCn1c(-c2ccncc2)nn(CNC2(c3ccc(Cl)cc3)CCCC2)c1=S. The van der Waals surface area contributed by atoms with E-state index in [0.717, 1.165) is 47.0 Å². The molecule has 152 valence electrons. The van der Waals surface area contributed by atoms with Gasteiger partial charge in [0.15, 0.2) is 10.6 Å². The van der Waals surface area contributed by atoms with Crippen LogP contribution in [0.5, 0.6) is 0 Å². The van der Waals surface area contributed by atoms with Crippen LogP contribution < -0.4 is 5.32 Å². The monoisotopic (exact) mass is 427 g/mol. The summed E-state index contributed by atoms with van der Waals surface area (Å²) in [6, 6.07) is 12.2. The van der Waals surface area contributed by atoms with E-state index >= 15 is 0 Å². The Morgan fingerprint density at radius 3 is 2.45 bits per heavy atom. The summed E-state index contributed by atoms with van der Waals surface area (Å²) in [5, 5.41) is 9.42. The van der Waals surface area contributed by atoms with Crippen LogP contribution in [-0.2, 0) is 18.8 Å². The molecule has 29 heavy (non-hydrogen) atoms. The predicted octanol–water partition coefficient (Wildman–Crippen LogP) is 5.56. The van der Waals surface area contributed by atoms with Gasteiger partial charge in [0, 0.05) is 35.1 Å².